The average Bonchev–Trinajstić information content (AvgIpc) is 2.42. The molecule has 0 heterocycles. The standard InChI is InChI=1S/C18H24ClF3N2O3/c1-16(2,3)13(24-15(26)27-17(4,5)6)14(25)23-10-7-8-12(19)11(9-10)18(20,21)22/h7-9,13H,1-6H3,(H,23,25)(H,24,26)/t13-/m1/s1. The third-order valence-electron chi connectivity index (χ3n) is 3.33. The van der Waals surface area contributed by atoms with Crippen LogP contribution in [0, 0.1) is 5.41 Å². The molecule has 2 N–H and O–H groups in total. The molecule has 0 saturated heterocycles. The summed E-state index contributed by atoms with van der Waals surface area (Å²) in [6, 6.07) is 2.00. The number of carbonyl (C=O) groups excluding carboxylic acids is 2. The van der Waals surface area contributed by atoms with Crippen molar-refractivity contribution in [2.45, 2.75) is 59.4 Å². The summed E-state index contributed by atoms with van der Waals surface area (Å²) in [5.41, 5.74) is -2.63. The van der Waals surface area contributed by atoms with Gasteiger partial charge in [0.05, 0.1) is 10.6 Å². The third-order valence-corrected chi connectivity index (χ3v) is 3.66. The van der Waals surface area contributed by atoms with Gasteiger partial charge in [0, 0.05) is 5.69 Å². The van der Waals surface area contributed by atoms with E-state index in [1.807, 2.05) is 0 Å². The lowest BCUT2D eigenvalue weighted by atomic mass is 9.86. The minimum Gasteiger partial charge on any atom is -0.444 e. The molecule has 1 rings (SSSR count). The zero-order chi connectivity index (χ0) is 21.2. The number of nitrogens with one attached hydrogen (secondary N) is 2. The summed E-state index contributed by atoms with van der Waals surface area (Å²) >= 11 is 5.58. The number of hydrogen-bond acceptors (Lipinski definition) is 3. The van der Waals surface area contributed by atoms with Crippen molar-refractivity contribution in [3.8, 4) is 0 Å². The predicted molar refractivity (Wildman–Crippen MR) is 97.7 cm³/mol. The van der Waals surface area contributed by atoms with E-state index in [1.54, 1.807) is 41.5 Å². The van der Waals surface area contributed by atoms with Crippen LogP contribution in [0.1, 0.15) is 47.1 Å². The minimum absolute atomic E-state index is 0.0861. The molecule has 27 heavy (non-hydrogen) atoms. The lowest BCUT2D eigenvalue weighted by Crippen LogP contribution is -2.52. The number of rotatable bonds is 3. The first-order valence-corrected chi connectivity index (χ1v) is 8.55. The van der Waals surface area contributed by atoms with Crippen LogP contribution in [0.5, 0.6) is 0 Å². The smallest absolute Gasteiger partial charge is 0.417 e. The summed E-state index contributed by atoms with van der Waals surface area (Å²) in [4.78, 5) is 24.6. The molecule has 0 fully saturated rings. The van der Waals surface area contributed by atoms with Crippen molar-refractivity contribution in [2.24, 2.45) is 5.41 Å². The van der Waals surface area contributed by atoms with Gasteiger partial charge in [-0.15, -0.1) is 0 Å². The Labute approximate surface area is 161 Å². The highest BCUT2D eigenvalue weighted by molar-refractivity contribution is 6.31. The number of halogens is 4. The second kappa shape index (κ2) is 7.96. The van der Waals surface area contributed by atoms with Gasteiger partial charge in [-0.05, 0) is 44.4 Å². The number of carbonyl (C=O) groups is 2. The molecule has 0 aliphatic heterocycles. The third kappa shape index (κ3) is 7.28. The minimum atomic E-state index is -4.66. The lowest BCUT2D eigenvalue weighted by molar-refractivity contribution is -0.137. The molecule has 0 unspecified atom stereocenters. The van der Waals surface area contributed by atoms with Crippen LogP contribution < -0.4 is 10.6 Å². The molecule has 1 aromatic carbocycles. The highest BCUT2D eigenvalue weighted by Crippen LogP contribution is 2.36. The second-order valence-electron chi connectivity index (χ2n) is 8.13. The Balaban J connectivity index is 3.03. The fraction of sp³-hybridized carbons (Fsp3) is 0.556. The van der Waals surface area contributed by atoms with Crippen LogP contribution in [0.15, 0.2) is 18.2 Å². The molecule has 9 heteroatoms. The molecule has 152 valence electrons. The lowest BCUT2D eigenvalue weighted by Gasteiger charge is -2.31. The molecule has 0 spiro atoms. The van der Waals surface area contributed by atoms with E-state index in [4.69, 9.17) is 16.3 Å². The summed E-state index contributed by atoms with van der Waals surface area (Å²) in [7, 11) is 0. The van der Waals surface area contributed by atoms with Crippen LogP contribution in [0.4, 0.5) is 23.7 Å². The SMILES string of the molecule is CC(C)(C)OC(=O)N[C@H](C(=O)Nc1ccc(Cl)c(C(F)(F)F)c1)C(C)(C)C. The molecule has 0 aromatic heterocycles. The van der Waals surface area contributed by atoms with Crippen molar-refractivity contribution in [1.82, 2.24) is 5.32 Å². The van der Waals surface area contributed by atoms with Crippen molar-refractivity contribution in [1.29, 1.82) is 0 Å². The zero-order valence-corrected chi connectivity index (χ0v) is 16.8. The average molecular weight is 409 g/mol. The summed E-state index contributed by atoms with van der Waals surface area (Å²) in [6.45, 7) is 10.1. The number of anilines is 1. The van der Waals surface area contributed by atoms with Gasteiger partial charge in [0.25, 0.3) is 0 Å². The first-order valence-electron chi connectivity index (χ1n) is 8.18. The van der Waals surface area contributed by atoms with Crippen molar-refractivity contribution < 1.29 is 27.5 Å². The highest BCUT2D eigenvalue weighted by atomic mass is 35.5. The van der Waals surface area contributed by atoms with Gasteiger partial charge in [-0.1, -0.05) is 32.4 Å². The molecule has 2 amide bonds. The summed E-state index contributed by atoms with van der Waals surface area (Å²) in [5.74, 6) is -0.677. The van der Waals surface area contributed by atoms with Crippen LogP contribution in [0.2, 0.25) is 5.02 Å². The maximum absolute atomic E-state index is 13.0. The summed E-state index contributed by atoms with van der Waals surface area (Å²) in [5, 5.41) is 4.38. The topological polar surface area (TPSA) is 67.4 Å². The van der Waals surface area contributed by atoms with E-state index in [1.165, 1.54) is 6.07 Å². The Bertz CT molecular complexity index is 707. The van der Waals surface area contributed by atoms with E-state index in [-0.39, 0.29) is 5.69 Å². The zero-order valence-electron chi connectivity index (χ0n) is 16.0. The number of hydrogen-bond donors (Lipinski definition) is 2. The molecular formula is C18H24ClF3N2O3. The highest BCUT2D eigenvalue weighted by Gasteiger charge is 2.36. The van der Waals surface area contributed by atoms with Gasteiger partial charge in [0.15, 0.2) is 0 Å². The van der Waals surface area contributed by atoms with Crippen LogP contribution in [0.3, 0.4) is 0 Å². The molecule has 5 nitrogen and oxygen atoms in total. The Morgan fingerprint density at radius 2 is 1.63 bits per heavy atom. The number of alkyl carbamates (subject to hydrolysis) is 1. The Kier molecular flexibility index (Phi) is 6.80. The van der Waals surface area contributed by atoms with Gasteiger partial charge in [-0.25, -0.2) is 4.79 Å². The molecule has 1 atom stereocenters. The normalized spacial score (nSPS) is 13.7. The van der Waals surface area contributed by atoms with Crippen LogP contribution in [-0.4, -0.2) is 23.6 Å². The van der Waals surface area contributed by atoms with E-state index in [2.05, 4.69) is 10.6 Å². The van der Waals surface area contributed by atoms with Crippen molar-refractivity contribution in [3.05, 3.63) is 28.8 Å². The summed E-state index contributed by atoms with van der Waals surface area (Å²) in [6.07, 6.45) is -5.46. The van der Waals surface area contributed by atoms with Gasteiger partial charge >= 0.3 is 12.3 Å². The number of ether oxygens (including phenoxy) is 1. The van der Waals surface area contributed by atoms with E-state index in [0.717, 1.165) is 12.1 Å². The van der Waals surface area contributed by atoms with E-state index >= 15 is 0 Å². The van der Waals surface area contributed by atoms with Crippen LogP contribution in [0.25, 0.3) is 0 Å². The van der Waals surface area contributed by atoms with Crippen LogP contribution >= 0.6 is 11.6 Å². The molecule has 0 bridgehead atoms. The van der Waals surface area contributed by atoms with Gasteiger partial charge < -0.3 is 15.4 Å². The second-order valence-corrected chi connectivity index (χ2v) is 8.53. The van der Waals surface area contributed by atoms with E-state index in [0.29, 0.717) is 0 Å². The molecule has 0 aliphatic carbocycles. The van der Waals surface area contributed by atoms with Gasteiger partial charge in [-0.3, -0.25) is 4.79 Å². The van der Waals surface area contributed by atoms with Gasteiger partial charge in [-0.2, -0.15) is 13.2 Å². The van der Waals surface area contributed by atoms with E-state index in [9.17, 15) is 22.8 Å². The number of alkyl halides is 3. The quantitative estimate of drug-likeness (QED) is 0.719. The molecule has 0 radical (unpaired) electrons. The fourth-order valence-electron chi connectivity index (χ4n) is 2.14. The van der Waals surface area contributed by atoms with Crippen molar-refractivity contribution in [3.63, 3.8) is 0 Å². The van der Waals surface area contributed by atoms with Gasteiger partial charge in [0.1, 0.15) is 11.6 Å². The maximum Gasteiger partial charge on any atom is 0.417 e. The number of benzene rings is 1. The first kappa shape index (κ1) is 23.1. The molecule has 1 aromatic rings. The monoisotopic (exact) mass is 408 g/mol. The van der Waals surface area contributed by atoms with E-state index < -0.39 is 45.8 Å². The first-order chi connectivity index (χ1) is 12.0. The predicted octanol–water partition coefficient (Wildman–Crippen LogP) is 5.24. The Morgan fingerprint density at radius 1 is 1.07 bits per heavy atom. The van der Waals surface area contributed by atoms with Crippen LogP contribution in [-0.2, 0) is 15.7 Å². The maximum atomic E-state index is 13.0. The number of amides is 2. The summed E-state index contributed by atoms with van der Waals surface area (Å²) < 4.78 is 44.1. The van der Waals surface area contributed by atoms with Crippen molar-refractivity contribution >= 4 is 29.3 Å². The Hall–Kier alpha value is -1.96. The molecule has 0 aliphatic rings. The van der Waals surface area contributed by atoms with Crippen molar-refractivity contribution in [2.75, 3.05) is 5.32 Å². The fourth-order valence-corrected chi connectivity index (χ4v) is 2.36. The molecule has 0 saturated carbocycles. The Morgan fingerprint density at radius 3 is 2.07 bits per heavy atom. The molecular weight excluding hydrogens is 385 g/mol. The largest absolute Gasteiger partial charge is 0.444 e. The van der Waals surface area contributed by atoms with Gasteiger partial charge in [0.2, 0.25) is 5.91 Å².